The van der Waals surface area contributed by atoms with E-state index in [1.54, 1.807) is 0 Å². The van der Waals surface area contributed by atoms with Crippen molar-refractivity contribution >= 4 is 15.9 Å². The minimum absolute atomic E-state index is 0.369. The van der Waals surface area contributed by atoms with Crippen LogP contribution in [0, 0.1) is 0 Å². The van der Waals surface area contributed by atoms with E-state index in [0.29, 0.717) is 18.8 Å². The van der Waals surface area contributed by atoms with E-state index in [-0.39, 0.29) is 0 Å². The summed E-state index contributed by atoms with van der Waals surface area (Å²) in [5.41, 5.74) is 5.56. The van der Waals surface area contributed by atoms with Crippen molar-refractivity contribution in [2.45, 2.75) is 25.0 Å². The monoisotopic (exact) mass is 205 g/mol. The molecule has 2 N–H and O–H groups in total. The van der Waals surface area contributed by atoms with Crippen LogP contribution in [0.1, 0.15) is 12.8 Å². The molecule has 0 aliphatic heterocycles. The van der Waals surface area contributed by atoms with Crippen molar-refractivity contribution in [2.24, 2.45) is 5.73 Å². The zero-order chi connectivity index (χ0) is 7.56. The Kier molecular flexibility index (Phi) is 2.89. The summed E-state index contributed by atoms with van der Waals surface area (Å²) in [4.78, 5) is 0. The maximum atomic E-state index is 5.56. The van der Waals surface area contributed by atoms with E-state index in [0.717, 1.165) is 17.3 Å². The molecule has 0 amide bonds. The fraction of sp³-hybridized carbons (Fsp3) is 0.714. The highest BCUT2D eigenvalue weighted by Gasteiger charge is 2.26. The van der Waals surface area contributed by atoms with Crippen molar-refractivity contribution in [3.8, 4) is 0 Å². The number of rotatable bonds is 3. The molecule has 0 aromatic heterocycles. The van der Waals surface area contributed by atoms with Gasteiger partial charge in [-0.15, -0.1) is 0 Å². The Morgan fingerprint density at radius 2 is 2.30 bits per heavy atom. The maximum absolute atomic E-state index is 5.56. The van der Waals surface area contributed by atoms with E-state index >= 15 is 0 Å². The number of ether oxygens (including phenoxy) is 1. The summed E-state index contributed by atoms with van der Waals surface area (Å²) in [6.07, 6.45) is 2.38. The normalized spacial score (nSPS) is 31.4. The minimum Gasteiger partial charge on any atom is -0.373 e. The van der Waals surface area contributed by atoms with Crippen molar-refractivity contribution in [1.82, 2.24) is 0 Å². The Hall–Kier alpha value is 0.140. The fourth-order valence-corrected chi connectivity index (χ4v) is 1.08. The predicted molar refractivity (Wildman–Crippen MR) is 45.0 cm³/mol. The molecular weight excluding hydrogens is 194 g/mol. The van der Waals surface area contributed by atoms with Gasteiger partial charge in [-0.2, -0.15) is 0 Å². The second kappa shape index (κ2) is 3.51. The lowest BCUT2D eigenvalue weighted by molar-refractivity contribution is 0.00631. The summed E-state index contributed by atoms with van der Waals surface area (Å²) in [6, 6.07) is 0.369. The molecule has 0 bridgehead atoms. The smallest absolute Gasteiger partial charge is 0.0779 e. The minimum atomic E-state index is 0.369. The maximum Gasteiger partial charge on any atom is 0.0779 e. The third-order valence-electron chi connectivity index (χ3n) is 1.61. The zero-order valence-corrected chi connectivity index (χ0v) is 7.43. The third kappa shape index (κ3) is 2.40. The molecule has 0 saturated heterocycles. The Balaban J connectivity index is 2.00. The predicted octanol–water partition coefficient (Wildman–Crippen LogP) is 1.40. The zero-order valence-electron chi connectivity index (χ0n) is 5.85. The second-order valence-corrected chi connectivity index (χ2v) is 3.80. The number of nitrogens with two attached hydrogens (primary N) is 1. The van der Waals surface area contributed by atoms with E-state index in [1.807, 2.05) is 0 Å². The first-order chi connectivity index (χ1) is 4.68. The van der Waals surface area contributed by atoms with E-state index in [2.05, 4.69) is 22.5 Å². The topological polar surface area (TPSA) is 35.2 Å². The lowest BCUT2D eigenvalue weighted by atomic mass is 9.90. The van der Waals surface area contributed by atoms with Crippen LogP contribution in [0.25, 0.3) is 0 Å². The highest BCUT2D eigenvalue weighted by atomic mass is 79.9. The van der Waals surface area contributed by atoms with Gasteiger partial charge in [0.15, 0.2) is 0 Å². The van der Waals surface area contributed by atoms with Crippen LogP contribution >= 0.6 is 15.9 Å². The Morgan fingerprint density at radius 1 is 1.70 bits per heavy atom. The van der Waals surface area contributed by atoms with E-state index in [4.69, 9.17) is 10.5 Å². The number of hydrogen-bond donors (Lipinski definition) is 1. The molecule has 1 aliphatic rings. The lowest BCUT2D eigenvalue weighted by Crippen LogP contribution is -2.41. The van der Waals surface area contributed by atoms with Crippen LogP contribution in [0.15, 0.2) is 11.1 Å². The molecule has 0 spiro atoms. The molecule has 1 aliphatic carbocycles. The first-order valence-corrected chi connectivity index (χ1v) is 4.18. The van der Waals surface area contributed by atoms with E-state index in [9.17, 15) is 0 Å². The molecule has 1 saturated carbocycles. The second-order valence-electron chi connectivity index (χ2n) is 2.68. The SMILES string of the molecule is C=C(Br)COC1CC(N)C1. The quantitative estimate of drug-likeness (QED) is 0.757. The van der Waals surface area contributed by atoms with Gasteiger partial charge < -0.3 is 10.5 Å². The molecule has 0 aromatic rings. The lowest BCUT2D eigenvalue weighted by Gasteiger charge is -2.32. The van der Waals surface area contributed by atoms with Gasteiger partial charge in [-0.3, -0.25) is 0 Å². The van der Waals surface area contributed by atoms with Gasteiger partial charge in [0.25, 0.3) is 0 Å². The van der Waals surface area contributed by atoms with Crippen molar-refractivity contribution in [1.29, 1.82) is 0 Å². The Bertz CT molecular complexity index is 132. The first-order valence-electron chi connectivity index (χ1n) is 3.39. The Morgan fingerprint density at radius 3 is 2.70 bits per heavy atom. The molecule has 0 aromatic carbocycles. The fourth-order valence-electron chi connectivity index (χ4n) is 0.951. The van der Waals surface area contributed by atoms with Crippen LogP contribution < -0.4 is 5.73 Å². The summed E-state index contributed by atoms with van der Waals surface area (Å²) < 4.78 is 6.28. The van der Waals surface area contributed by atoms with Crippen molar-refractivity contribution in [3.63, 3.8) is 0 Å². The summed E-state index contributed by atoms with van der Waals surface area (Å²) in [6.45, 7) is 4.27. The molecule has 10 heavy (non-hydrogen) atoms. The third-order valence-corrected chi connectivity index (χ3v) is 1.84. The molecule has 58 valence electrons. The number of hydrogen-bond acceptors (Lipinski definition) is 2. The van der Waals surface area contributed by atoms with Gasteiger partial charge >= 0.3 is 0 Å². The highest BCUT2D eigenvalue weighted by molar-refractivity contribution is 9.11. The molecule has 1 fully saturated rings. The molecule has 0 unspecified atom stereocenters. The van der Waals surface area contributed by atoms with Crippen LogP contribution in [0.4, 0.5) is 0 Å². The van der Waals surface area contributed by atoms with E-state index < -0.39 is 0 Å². The average molecular weight is 206 g/mol. The van der Waals surface area contributed by atoms with Gasteiger partial charge in [-0.1, -0.05) is 22.5 Å². The van der Waals surface area contributed by atoms with Gasteiger partial charge in [-0.25, -0.2) is 0 Å². The molecular formula is C7H12BrNO. The summed E-state index contributed by atoms with van der Waals surface area (Å²) in [7, 11) is 0. The van der Waals surface area contributed by atoms with Gasteiger partial charge in [0, 0.05) is 10.5 Å². The highest BCUT2D eigenvalue weighted by Crippen LogP contribution is 2.21. The molecule has 0 heterocycles. The summed E-state index contributed by atoms with van der Waals surface area (Å²) in [5.74, 6) is 0. The summed E-state index contributed by atoms with van der Waals surface area (Å²) in [5, 5.41) is 0. The standard InChI is InChI=1S/C7H12BrNO/c1-5(8)4-10-7-2-6(9)3-7/h6-7H,1-4,9H2. The van der Waals surface area contributed by atoms with Gasteiger partial charge in [0.1, 0.15) is 0 Å². The summed E-state index contributed by atoms with van der Waals surface area (Å²) >= 11 is 3.22. The van der Waals surface area contributed by atoms with Crippen molar-refractivity contribution in [3.05, 3.63) is 11.1 Å². The van der Waals surface area contributed by atoms with E-state index in [1.165, 1.54) is 0 Å². The molecule has 0 radical (unpaired) electrons. The van der Waals surface area contributed by atoms with Crippen molar-refractivity contribution in [2.75, 3.05) is 6.61 Å². The van der Waals surface area contributed by atoms with Crippen LogP contribution in [-0.4, -0.2) is 18.8 Å². The van der Waals surface area contributed by atoms with Crippen LogP contribution in [-0.2, 0) is 4.74 Å². The van der Waals surface area contributed by atoms with Crippen LogP contribution in [0.2, 0.25) is 0 Å². The van der Waals surface area contributed by atoms with Crippen molar-refractivity contribution < 1.29 is 4.74 Å². The van der Waals surface area contributed by atoms with Gasteiger partial charge in [0.2, 0.25) is 0 Å². The van der Waals surface area contributed by atoms with Gasteiger partial charge in [0.05, 0.1) is 12.7 Å². The number of halogens is 1. The molecule has 3 heteroatoms. The van der Waals surface area contributed by atoms with Gasteiger partial charge in [-0.05, 0) is 12.8 Å². The van der Waals surface area contributed by atoms with Crippen LogP contribution in [0.5, 0.6) is 0 Å². The average Bonchev–Trinajstić information content (AvgIpc) is 1.77. The molecule has 2 nitrogen and oxygen atoms in total. The molecule has 1 rings (SSSR count). The van der Waals surface area contributed by atoms with Crippen LogP contribution in [0.3, 0.4) is 0 Å². The first kappa shape index (κ1) is 8.24. The molecule has 0 atom stereocenters. The Labute approximate surface area is 69.6 Å². The largest absolute Gasteiger partial charge is 0.373 e.